The van der Waals surface area contributed by atoms with Crippen LogP contribution in [0.25, 0.3) is 10.9 Å². The number of hydrogen-bond donors (Lipinski definition) is 3. The SMILES string of the molecule is CC1(C)CC(=O)C2=C(C1)Nc1ccc(Cl)cc1N[C@H]2c1c[nH]c2ccccc12. The molecule has 1 aliphatic heterocycles. The molecule has 5 heteroatoms. The first-order valence-electron chi connectivity index (χ1n) is 9.57. The summed E-state index contributed by atoms with van der Waals surface area (Å²) in [5.41, 5.74) is 5.76. The molecule has 1 aromatic heterocycles. The largest absolute Gasteiger partial charge is 0.372 e. The van der Waals surface area contributed by atoms with Crippen molar-refractivity contribution in [3.8, 4) is 0 Å². The van der Waals surface area contributed by atoms with Crippen LogP contribution >= 0.6 is 11.6 Å². The summed E-state index contributed by atoms with van der Waals surface area (Å²) >= 11 is 6.27. The Morgan fingerprint density at radius 1 is 1.07 bits per heavy atom. The third-order valence-electron chi connectivity index (χ3n) is 5.71. The summed E-state index contributed by atoms with van der Waals surface area (Å²) in [7, 11) is 0. The molecule has 5 rings (SSSR count). The molecule has 0 saturated heterocycles. The lowest BCUT2D eigenvalue weighted by molar-refractivity contribution is -0.118. The molecule has 0 spiro atoms. The first kappa shape index (κ1) is 17.4. The van der Waals surface area contributed by atoms with E-state index < -0.39 is 0 Å². The summed E-state index contributed by atoms with van der Waals surface area (Å²) in [6, 6.07) is 13.7. The van der Waals surface area contributed by atoms with Gasteiger partial charge in [-0.3, -0.25) is 4.79 Å². The standard InChI is InChI=1S/C23H22ClN3O/c1-23(2)10-19-21(20(28)11-23)22(15-12-25-16-6-4-3-5-14(15)16)27-18-9-13(24)7-8-17(18)26-19/h3-9,12,22,25-27H,10-11H2,1-2H3/t22-/m0/s1. The van der Waals surface area contributed by atoms with Crippen molar-refractivity contribution in [2.45, 2.75) is 32.7 Å². The quantitative estimate of drug-likeness (QED) is 0.473. The predicted molar refractivity (Wildman–Crippen MR) is 115 cm³/mol. The number of nitrogens with one attached hydrogen (secondary N) is 3. The van der Waals surface area contributed by atoms with Gasteiger partial charge in [0.1, 0.15) is 0 Å². The Kier molecular flexibility index (Phi) is 3.81. The first-order chi connectivity index (χ1) is 13.4. The van der Waals surface area contributed by atoms with Crippen molar-refractivity contribution in [2.75, 3.05) is 10.6 Å². The number of ketones is 1. The van der Waals surface area contributed by atoms with Crippen LogP contribution in [0.2, 0.25) is 5.02 Å². The van der Waals surface area contributed by atoms with Crippen LogP contribution in [0.1, 0.15) is 38.3 Å². The number of carbonyl (C=O) groups is 1. The van der Waals surface area contributed by atoms with Gasteiger partial charge in [0.05, 0.1) is 17.4 Å². The number of aromatic nitrogens is 1. The zero-order chi connectivity index (χ0) is 19.5. The van der Waals surface area contributed by atoms with Crippen LogP contribution in [0.15, 0.2) is 59.9 Å². The van der Waals surface area contributed by atoms with Crippen molar-refractivity contribution in [1.82, 2.24) is 4.98 Å². The Bertz CT molecular complexity index is 1140. The fraction of sp³-hybridized carbons (Fsp3) is 0.261. The van der Waals surface area contributed by atoms with E-state index in [0.29, 0.717) is 11.4 Å². The minimum absolute atomic E-state index is 0.0649. The van der Waals surface area contributed by atoms with Crippen LogP contribution in [-0.4, -0.2) is 10.8 Å². The minimum atomic E-state index is -0.234. The van der Waals surface area contributed by atoms with E-state index in [1.54, 1.807) is 0 Å². The molecule has 28 heavy (non-hydrogen) atoms. The lowest BCUT2D eigenvalue weighted by Gasteiger charge is -2.34. The Balaban J connectivity index is 1.74. The Hall–Kier alpha value is -2.72. The van der Waals surface area contributed by atoms with Gasteiger partial charge in [-0.05, 0) is 36.1 Å². The van der Waals surface area contributed by atoms with Crippen LogP contribution in [-0.2, 0) is 4.79 Å². The summed E-state index contributed by atoms with van der Waals surface area (Å²) in [4.78, 5) is 16.6. The second kappa shape index (κ2) is 6.14. The molecule has 1 atom stereocenters. The van der Waals surface area contributed by atoms with Gasteiger partial charge in [-0.15, -0.1) is 0 Å². The number of rotatable bonds is 1. The molecule has 4 nitrogen and oxygen atoms in total. The maximum atomic E-state index is 13.3. The monoisotopic (exact) mass is 391 g/mol. The van der Waals surface area contributed by atoms with Gasteiger partial charge in [-0.1, -0.05) is 43.6 Å². The van der Waals surface area contributed by atoms with Gasteiger partial charge in [0, 0.05) is 45.4 Å². The van der Waals surface area contributed by atoms with Crippen molar-refractivity contribution in [2.24, 2.45) is 5.41 Å². The van der Waals surface area contributed by atoms with E-state index >= 15 is 0 Å². The zero-order valence-corrected chi connectivity index (χ0v) is 16.7. The third kappa shape index (κ3) is 2.80. The van der Waals surface area contributed by atoms with Gasteiger partial charge in [0.2, 0.25) is 0 Å². The van der Waals surface area contributed by atoms with Gasteiger partial charge in [-0.25, -0.2) is 0 Å². The minimum Gasteiger partial charge on any atom is -0.372 e. The predicted octanol–water partition coefficient (Wildman–Crippen LogP) is 6.04. The Morgan fingerprint density at radius 3 is 2.75 bits per heavy atom. The van der Waals surface area contributed by atoms with Gasteiger partial charge < -0.3 is 15.6 Å². The second-order valence-electron chi connectivity index (χ2n) is 8.52. The number of halogens is 1. The number of H-pyrrole nitrogens is 1. The summed E-state index contributed by atoms with van der Waals surface area (Å²) in [5.74, 6) is 0.195. The van der Waals surface area contributed by atoms with Gasteiger partial charge in [-0.2, -0.15) is 0 Å². The molecule has 142 valence electrons. The molecule has 0 fully saturated rings. The zero-order valence-electron chi connectivity index (χ0n) is 15.9. The topological polar surface area (TPSA) is 56.9 Å². The van der Waals surface area contributed by atoms with Crippen LogP contribution in [0.3, 0.4) is 0 Å². The maximum Gasteiger partial charge on any atom is 0.163 e. The summed E-state index contributed by atoms with van der Waals surface area (Å²) in [6.07, 6.45) is 3.39. The van der Waals surface area contributed by atoms with Gasteiger partial charge in [0.15, 0.2) is 5.78 Å². The highest BCUT2D eigenvalue weighted by molar-refractivity contribution is 6.31. The first-order valence-corrected chi connectivity index (χ1v) is 9.94. The van der Waals surface area contributed by atoms with Crippen LogP contribution < -0.4 is 10.6 Å². The summed E-state index contributed by atoms with van der Waals surface area (Å²) < 4.78 is 0. The highest BCUT2D eigenvalue weighted by Crippen LogP contribution is 2.46. The van der Waals surface area contributed by atoms with E-state index in [1.165, 1.54) is 0 Å². The van der Waals surface area contributed by atoms with Crippen LogP contribution in [0, 0.1) is 5.41 Å². The van der Waals surface area contributed by atoms with E-state index in [1.807, 2.05) is 36.5 Å². The number of allylic oxidation sites excluding steroid dienone is 1. The van der Waals surface area contributed by atoms with Crippen molar-refractivity contribution in [1.29, 1.82) is 0 Å². The molecular formula is C23H22ClN3O. The average Bonchev–Trinajstić information content (AvgIpc) is 2.98. The lowest BCUT2D eigenvalue weighted by Crippen LogP contribution is -2.31. The number of fused-ring (bicyclic) bond motifs is 2. The molecular weight excluding hydrogens is 370 g/mol. The van der Waals surface area contributed by atoms with Gasteiger partial charge >= 0.3 is 0 Å². The smallest absolute Gasteiger partial charge is 0.163 e. The average molecular weight is 392 g/mol. The van der Waals surface area contributed by atoms with E-state index in [9.17, 15) is 4.79 Å². The molecule has 0 radical (unpaired) electrons. The highest BCUT2D eigenvalue weighted by Gasteiger charge is 2.39. The molecule has 2 aliphatic rings. The van der Waals surface area contributed by atoms with E-state index in [4.69, 9.17) is 11.6 Å². The fourth-order valence-corrected chi connectivity index (χ4v) is 4.65. The molecule has 2 heterocycles. The number of hydrogen-bond acceptors (Lipinski definition) is 3. The van der Waals surface area contributed by atoms with E-state index in [0.717, 1.165) is 45.5 Å². The molecule has 0 saturated carbocycles. The lowest BCUT2D eigenvalue weighted by atomic mass is 9.73. The number of aromatic amines is 1. The summed E-state index contributed by atoms with van der Waals surface area (Å²) in [6.45, 7) is 4.30. The van der Waals surface area contributed by atoms with Crippen LogP contribution in [0.4, 0.5) is 11.4 Å². The highest BCUT2D eigenvalue weighted by atomic mass is 35.5. The Morgan fingerprint density at radius 2 is 1.89 bits per heavy atom. The van der Waals surface area contributed by atoms with Crippen molar-refractivity contribution < 1.29 is 4.79 Å². The third-order valence-corrected chi connectivity index (χ3v) is 5.94. The van der Waals surface area contributed by atoms with Crippen LogP contribution in [0.5, 0.6) is 0 Å². The van der Waals surface area contributed by atoms with Gasteiger partial charge in [0.25, 0.3) is 0 Å². The van der Waals surface area contributed by atoms with E-state index in [-0.39, 0.29) is 17.2 Å². The van der Waals surface area contributed by atoms with E-state index in [2.05, 4.69) is 41.6 Å². The molecule has 0 amide bonds. The van der Waals surface area contributed by atoms with Crippen molar-refractivity contribution in [3.05, 3.63) is 70.5 Å². The number of carbonyl (C=O) groups excluding carboxylic acids is 1. The number of benzene rings is 2. The molecule has 0 unspecified atom stereocenters. The normalized spacial score (nSPS) is 20.8. The Labute approximate surface area is 169 Å². The molecule has 3 aromatic rings. The number of para-hydroxylation sites is 1. The summed E-state index contributed by atoms with van der Waals surface area (Å²) in [5, 5.41) is 8.93. The number of anilines is 2. The van der Waals surface area contributed by atoms with Crippen molar-refractivity contribution in [3.63, 3.8) is 0 Å². The fourth-order valence-electron chi connectivity index (χ4n) is 4.48. The maximum absolute atomic E-state index is 13.3. The van der Waals surface area contributed by atoms with Crippen molar-refractivity contribution >= 4 is 39.7 Å². The molecule has 2 aromatic carbocycles. The number of Topliss-reactive ketones (excluding diaryl/α,β-unsaturated/α-hetero) is 1. The molecule has 3 N–H and O–H groups in total. The molecule has 1 aliphatic carbocycles. The molecule has 0 bridgehead atoms. The second-order valence-corrected chi connectivity index (χ2v) is 8.95.